The molecule has 0 N–H and O–H groups in total. The normalized spacial score (nSPS) is 22.7. The third-order valence-electron chi connectivity index (χ3n) is 6.08. The molecule has 3 aromatic carbocycles. The highest BCUT2D eigenvalue weighted by molar-refractivity contribution is 6.24. The van der Waals surface area contributed by atoms with Crippen molar-refractivity contribution in [2.45, 2.75) is 25.2 Å². The first kappa shape index (κ1) is 21.2. The number of imide groups is 1. The second-order valence-corrected chi connectivity index (χ2v) is 8.04. The Morgan fingerprint density at radius 1 is 0.818 bits per heavy atom. The van der Waals surface area contributed by atoms with Gasteiger partial charge in [-0.05, 0) is 42.3 Å². The zero-order valence-corrected chi connectivity index (χ0v) is 17.5. The molecule has 0 unspecified atom stereocenters. The molecule has 0 bridgehead atoms. The maximum atomic E-state index is 13.6. The van der Waals surface area contributed by atoms with Gasteiger partial charge in [0.05, 0.1) is 23.0 Å². The van der Waals surface area contributed by atoms with Gasteiger partial charge in [0.2, 0.25) is 5.91 Å². The van der Waals surface area contributed by atoms with Crippen LogP contribution in [0.5, 0.6) is 0 Å². The topological polar surface area (TPSA) is 49.9 Å². The van der Waals surface area contributed by atoms with Gasteiger partial charge in [0.1, 0.15) is 5.92 Å². The lowest BCUT2D eigenvalue weighted by atomic mass is 9.88. The Bertz CT molecular complexity index is 1230. The molecule has 0 aromatic heterocycles. The van der Waals surface area contributed by atoms with Gasteiger partial charge < -0.3 is 0 Å². The molecule has 5 nitrogen and oxygen atoms in total. The van der Waals surface area contributed by atoms with E-state index >= 15 is 0 Å². The van der Waals surface area contributed by atoms with Gasteiger partial charge in [0.25, 0.3) is 5.91 Å². The van der Waals surface area contributed by atoms with Crippen molar-refractivity contribution in [2.75, 3.05) is 9.96 Å². The summed E-state index contributed by atoms with van der Waals surface area (Å²) in [7, 11) is 0. The van der Waals surface area contributed by atoms with Crippen LogP contribution in [0.1, 0.15) is 22.7 Å². The number of aryl methyl sites for hydroxylation is 1. The summed E-state index contributed by atoms with van der Waals surface area (Å²) in [6, 6.07) is 20.3. The molecule has 5 rings (SSSR count). The van der Waals surface area contributed by atoms with Crippen molar-refractivity contribution in [3.05, 3.63) is 95.6 Å². The van der Waals surface area contributed by atoms with Gasteiger partial charge in [-0.25, -0.2) is 9.96 Å². The molecule has 3 aromatic rings. The number of hydrogen-bond donors (Lipinski definition) is 0. The summed E-state index contributed by atoms with van der Waals surface area (Å²) in [6.45, 7) is 1.88. The Kier molecular flexibility index (Phi) is 4.97. The lowest BCUT2D eigenvalue weighted by Crippen LogP contribution is -2.38. The summed E-state index contributed by atoms with van der Waals surface area (Å²) >= 11 is 0. The van der Waals surface area contributed by atoms with Crippen LogP contribution in [0.25, 0.3) is 0 Å². The third kappa shape index (κ3) is 3.38. The van der Waals surface area contributed by atoms with Crippen LogP contribution in [0.4, 0.5) is 24.5 Å². The number of fused-ring (bicyclic) bond motifs is 1. The second-order valence-electron chi connectivity index (χ2n) is 8.04. The number of amides is 2. The van der Waals surface area contributed by atoms with Crippen molar-refractivity contribution in [3.63, 3.8) is 0 Å². The van der Waals surface area contributed by atoms with Crippen LogP contribution < -0.4 is 9.96 Å². The number of nitrogens with zero attached hydrogens (tertiary/aromatic N) is 2. The van der Waals surface area contributed by atoms with Gasteiger partial charge in [0.15, 0.2) is 6.10 Å². The van der Waals surface area contributed by atoms with E-state index in [1.165, 1.54) is 17.2 Å². The van der Waals surface area contributed by atoms with Gasteiger partial charge in [-0.2, -0.15) is 13.2 Å². The summed E-state index contributed by atoms with van der Waals surface area (Å²) in [5.41, 5.74) is 0.762. The van der Waals surface area contributed by atoms with Gasteiger partial charge >= 0.3 is 6.18 Å². The number of benzene rings is 3. The lowest BCUT2D eigenvalue weighted by Gasteiger charge is -2.30. The number of carbonyl (C=O) groups is 2. The van der Waals surface area contributed by atoms with Crippen molar-refractivity contribution in [3.8, 4) is 0 Å². The van der Waals surface area contributed by atoms with Crippen LogP contribution in [-0.2, 0) is 20.6 Å². The van der Waals surface area contributed by atoms with E-state index < -0.39 is 47.3 Å². The highest BCUT2D eigenvalue weighted by Gasteiger charge is 2.61. The molecule has 0 aliphatic carbocycles. The zero-order valence-electron chi connectivity index (χ0n) is 17.5. The fourth-order valence-electron chi connectivity index (χ4n) is 4.59. The first-order valence-corrected chi connectivity index (χ1v) is 10.4. The van der Waals surface area contributed by atoms with Crippen LogP contribution in [0, 0.1) is 12.8 Å². The van der Waals surface area contributed by atoms with Gasteiger partial charge in [-0.1, -0.05) is 54.6 Å². The number of anilines is 2. The molecule has 2 fully saturated rings. The SMILES string of the molecule is Cc1ccccc1[C@H]1[C@@H]2C(=O)N(c3ccccc3C(F)(F)F)C(=O)[C@H]2ON1c1ccccc1. The summed E-state index contributed by atoms with van der Waals surface area (Å²) in [5, 5.41) is 1.53. The van der Waals surface area contributed by atoms with E-state index in [0.717, 1.165) is 23.3 Å². The number of alkyl halides is 3. The van der Waals surface area contributed by atoms with Crippen molar-refractivity contribution in [1.29, 1.82) is 0 Å². The maximum Gasteiger partial charge on any atom is 0.418 e. The van der Waals surface area contributed by atoms with Gasteiger partial charge in [-0.3, -0.25) is 14.4 Å². The largest absolute Gasteiger partial charge is 0.418 e. The monoisotopic (exact) mass is 452 g/mol. The minimum atomic E-state index is -4.72. The van der Waals surface area contributed by atoms with E-state index in [4.69, 9.17) is 4.84 Å². The predicted molar refractivity (Wildman–Crippen MR) is 115 cm³/mol. The molecule has 0 spiro atoms. The highest BCUT2D eigenvalue weighted by Crippen LogP contribution is 2.49. The maximum absolute atomic E-state index is 13.6. The van der Waals surface area contributed by atoms with Crippen LogP contribution in [0.2, 0.25) is 0 Å². The van der Waals surface area contributed by atoms with Gasteiger partial charge in [-0.15, -0.1) is 0 Å². The van der Waals surface area contributed by atoms with Crippen molar-refractivity contribution in [1.82, 2.24) is 0 Å². The molecule has 168 valence electrons. The molecular formula is C25H19F3N2O3. The Morgan fingerprint density at radius 2 is 1.45 bits per heavy atom. The summed E-state index contributed by atoms with van der Waals surface area (Å²) in [6.07, 6.45) is -5.95. The molecule has 2 amide bonds. The number of halogens is 3. The molecular weight excluding hydrogens is 433 g/mol. The molecule has 0 saturated carbocycles. The lowest BCUT2D eigenvalue weighted by molar-refractivity contribution is -0.137. The summed E-state index contributed by atoms with van der Waals surface area (Å²) < 4.78 is 40.9. The number of carbonyl (C=O) groups excluding carboxylic acids is 2. The highest BCUT2D eigenvalue weighted by atomic mass is 19.4. The fraction of sp³-hybridized carbons (Fsp3) is 0.200. The second kappa shape index (κ2) is 7.74. The predicted octanol–water partition coefficient (Wildman–Crippen LogP) is 5.06. The molecule has 2 heterocycles. The van der Waals surface area contributed by atoms with Crippen molar-refractivity contribution >= 4 is 23.2 Å². The molecule has 8 heteroatoms. The Labute approximate surface area is 187 Å². The molecule has 2 saturated heterocycles. The van der Waals surface area contributed by atoms with Crippen molar-refractivity contribution < 1.29 is 27.6 Å². The standard InChI is InChI=1S/C25H19F3N2O3/c1-15-9-5-6-12-17(15)21-20-22(33-30(21)16-10-3-2-4-11-16)24(32)29(23(20)31)19-14-8-7-13-18(19)25(26,27)28/h2-14,20-22H,1H3/t20-,21-,22-/m0/s1. The summed E-state index contributed by atoms with van der Waals surface area (Å²) in [4.78, 5) is 33.5. The third-order valence-corrected chi connectivity index (χ3v) is 6.08. The van der Waals surface area contributed by atoms with Crippen LogP contribution >= 0.6 is 0 Å². The number of rotatable bonds is 3. The summed E-state index contributed by atoms with van der Waals surface area (Å²) in [5.74, 6) is -2.52. The first-order valence-electron chi connectivity index (χ1n) is 10.4. The smallest absolute Gasteiger partial charge is 0.273 e. The first-order chi connectivity index (χ1) is 15.8. The van der Waals surface area contributed by atoms with E-state index in [9.17, 15) is 22.8 Å². The average Bonchev–Trinajstić information content (AvgIpc) is 3.30. The molecule has 33 heavy (non-hydrogen) atoms. The Balaban J connectivity index is 1.62. The molecule has 3 atom stereocenters. The number of hydroxylamine groups is 1. The van der Waals surface area contributed by atoms with Crippen LogP contribution in [0.3, 0.4) is 0 Å². The van der Waals surface area contributed by atoms with Crippen molar-refractivity contribution in [2.24, 2.45) is 5.92 Å². The molecule has 0 radical (unpaired) electrons. The zero-order chi connectivity index (χ0) is 23.3. The quantitative estimate of drug-likeness (QED) is 0.521. The van der Waals surface area contributed by atoms with Crippen LogP contribution in [0.15, 0.2) is 78.9 Å². The molecule has 2 aliphatic heterocycles. The minimum Gasteiger partial charge on any atom is -0.273 e. The number of hydrogen-bond acceptors (Lipinski definition) is 4. The van der Waals surface area contributed by atoms with Gasteiger partial charge in [0, 0.05) is 0 Å². The number of para-hydroxylation sites is 2. The Hall–Kier alpha value is -3.65. The van der Waals surface area contributed by atoms with E-state index in [0.29, 0.717) is 10.6 Å². The molecule has 2 aliphatic rings. The van der Waals surface area contributed by atoms with Crippen LogP contribution in [-0.4, -0.2) is 17.9 Å². The minimum absolute atomic E-state index is 0.479. The average molecular weight is 452 g/mol. The van der Waals surface area contributed by atoms with E-state index in [1.807, 2.05) is 37.3 Å². The Morgan fingerprint density at radius 3 is 2.15 bits per heavy atom. The van der Waals surface area contributed by atoms with E-state index in [-0.39, 0.29) is 0 Å². The fourth-order valence-corrected chi connectivity index (χ4v) is 4.59. The van der Waals surface area contributed by atoms with E-state index in [2.05, 4.69) is 0 Å². The van der Waals surface area contributed by atoms with E-state index in [1.54, 1.807) is 24.3 Å².